The lowest BCUT2D eigenvalue weighted by Gasteiger charge is -2.30. The van der Waals surface area contributed by atoms with Crippen LogP contribution >= 0.6 is 0 Å². The number of halogens is 1. The molecule has 5 atom stereocenters. The van der Waals surface area contributed by atoms with Crippen molar-refractivity contribution in [3.63, 3.8) is 0 Å². The van der Waals surface area contributed by atoms with Crippen LogP contribution in [0.15, 0.2) is 30.4 Å². The van der Waals surface area contributed by atoms with Crippen LogP contribution < -0.4 is 15.4 Å². The van der Waals surface area contributed by atoms with Crippen LogP contribution in [-0.2, 0) is 47.0 Å². The van der Waals surface area contributed by atoms with Crippen LogP contribution in [0.5, 0.6) is 0 Å². The molecule has 14 nitrogen and oxygen atoms in total. The van der Waals surface area contributed by atoms with Gasteiger partial charge in [-0.05, 0) is 70.9 Å². The number of carbonyl (C=O) groups excluding carboxylic acids is 5. The zero-order chi connectivity index (χ0) is 36.7. The number of carbonyl (C=O) groups is 5. The van der Waals surface area contributed by atoms with Gasteiger partial charge in [0.1, 0.15) is 35.1 Å². The minimum atomic E-state index is -3.92. The summed E-state index contributed by atoms with van der Waals surface area (Å²) in [6, 6.07) is 2.30. The highest BCUT2D eigenvalue weighted by atomic mass is 32.2. The number of rotatable bonds is 5. The van der Waals surface area contributed by atoms with E-state index in [0.717, 1.165) is 12.8 Å². The summed E-state index contributed by atoms with van der Waals surface area (Å²) in [5, 5.41) is 4.79. The largest absolute Gasteiger partial charge is 0.444 e. The van der Waals surface area contributed by atoms with Crippen LogP contribution in [0.3, 0.4) is 0 Å². The van der Waals surface area contributed by atoms with Crippen molar-refractivity contribution < 1.29 is 46.3 Å². The number of sulfonamides is 1. The van der Waals surface area contributed by atoms with Gasteiger partial charge in [0.25, 0.3) is 5.91 Å². The van der Waals surface area contributed by atoms with Gasteiger partial charge in [0, 0.05) is 24.4 Å². The highest BCUT2D eigenvalue weighted by molar-refractivity contribution is 7.91. The van der Waals surface area contributed by atoms with Gasteiger partial charge in [-0.1, -0.05) is 37.1 Å². The van der Waals surface area contributed by atoms with Gasteiger partial charge in [0.05, 0.1) is 18.3 Å². The number of nitrogens with zero attached hydrogens (tertiary/aromatic N) is 2. The number of alkyl carbamates (subject to hydrolysis) is 1. The molecule has 0 spiro atoms. The first-order chi connectivity index (χ1) is 24.1. The van der Waals surface area contributed by atoms with E-state index in [2.05, 4.69) is 15.4 Å². The molecule has 1 saturated heterocycles. The molecule has 1 aromatic rings. The minimum Gasteiger partial charge on any atom is -0.444 e. The standard InChI is InChI=1S/C35H46FN5O9S/c1-34(2,3)50-32(45)37-27-13-8-6-4-5-7-11-22-17-35(22,31(44)39-51(47,48)24-14-15-24)38-29(42)28-16-23(19-41(28)30(27)43)49-33(46)40-18-21-10-9-12-26(36)25(21)20-40/h7,9-12,22-24,27-28H,4-6,8,13-20H2,1-3H3,(H,37,45)(H,38,42)(H,39,44)/b11-7-/t22-,23-,27+,28?,35-/m1/s1. The predicted octanol–water partition coefficient (Wildman–Crippen LogP) is 3.14. The fraction of sp³-hybridized carbons (Fsp3) is 0.629. The Labute approximate surface area is 296 Å². The van der Waals surface area contributed by atoms with E-state index in [1.807, 2.05) is 12.2 Å². The molecule has 3 fully saturated rings. The topological polar surface area (TPSA) is 181 Å². The predicted molar refractivity (Wildman–Crippen MR) is 180 cm³/mol. The maximum atomic E-state index is 14.4. The summed E-state index contributed by atoms with van der Waals surface area (Å²) >= 11 is 0. The lowest BCUT2D eigenvalue weighted by molar-refractivity contribution is -0.141. The summed E-state index contributed by atoms with van der Waals surface area (Å²) in [5.74, 6) is -3.06. The van der Waals surface area contributed by atoms with Gasteiger partial charge < -0.3 is 25.0 Å². The number of allylic oxidation sites excluding steroid dienone is 1. The van der Waals surface area contributed by atoms with Crippen molar-refractivity contribution in [2.45, 2.75) is 126 Å². The fourth-order valence-corrected chi connectivity index (χ4v) is 8.39. The van der Waals surface area contributed by atoms with Gasteiger partial charge in [-0.25, -0.2) is 22.4 Å². The number of fused-ring (bicyclic) bond motifs is 3. The Morgan fingerprint density at radius 1 is 1.06 bits per heavy atom. The molecule has 0 radical (unpaired) electrons. The molecule has 16 heteroatoms. The molecular weight excluding hydrogens is 685 g/mol. The van der Waals surface area contributed by atoms with E-state index in [1.165, 1.54) is 15.9 Å². The average Bonchev–Trinajstić information content (AvgIpc) is 3.93. The van der Waals surface area contributed by atoms with Gasteiger partial charge in [-0.2, -0.15) is 0 Å². The zero-order valence-electron chi connectivity index (χ0n) is 29.1. The van der Waals surface area contributed by atoms with Gasteiger partial charge in [0.2, 0.25) is 21.8 Å². The molecule has 6 rings (SSSR count). The van der Waals surface area contributed by atoms with Crippen molar-refractivity contribution in [2.75, 3.05) is 6.54 Å². The van der Waals surface area contributed by atoms with Crippen molar-refractivity contribution in [3.05, 3.63) is 47.3 Å². The Morgan fingerprint density at radius 2 is 1.82 bits per heavy atom. The van der Waals surface area contributed by atoms with Crippen LogP contribution in [-0.4, -0.2) is 89.2 Å². The van der Waals surface area contributed by atoms with Crippen molar-refractivity contribution in [2.24, 2.45) is 5.92 Å². The van der Waals surface area contributed by atoms with Crippen molar-refractivity contribution in [3.8, 4) is 0 Å². The number of benzene rings is 1. The van der Waals surface area contributed by atoms with Crippen molar-refractivity contribution in [1.29, 1.82) is 0 Å². The second kappa shape index (κ2) is 14.1. The first-order valence-corrected chi connectivity index (χ1v) is 19.2. The highest BCUT2D eigenvalue weighted by Gasteiger charge is 2.62. The Hall–Kier alpha value is -4.21. The molecule has 5 amide bonds. The van der Waals surface area contributed by atoms with Crippen LogP contribution in [0.2, 0.25) is 0 Å². The highest BCUT2D eigenvalue weighted by Crippen LogP contribution is 2.46. The SMILES string of the molecule is CC(C)(C)OC(=O)N[C@H]1CCCCC/C=C\[C@@H]2C[C@@]2(C(=O)NS(=O)(=O)C2CC2)NC(=O)C2C[C@@H](OC(=O)N3Cc4cccc(F)c4C3)CN2C1=O. The molecule has 0 bridgehead atoms. The smallest absolute Gasteiger partial charge is 0.410 e. The van der Waals surface area contributed by atoms with Crippen LogP contribution in [0.1, 0.15) is 89.7 Å². The van der Waals surface area contributed by atoms with E-state index >= 15 is 0 Å². The molecule has 3 heterocycles. The lowest BCUT2D eigenvalue weighted by Crippen LogP contribution is -2.58. The first-order valence-electron chi connectivity index (χ1n) is 17.6. The quantitative estimate of drug-likeness (QED) is 0.384. The Morgan fingerprint density at radius 3 is 2.53 bits per heavy atom. The van der Waals surface area contributed by atoms with Crippen LogP contribution in [0.25, 0.3) is 0 Å². The fourth-order valence-electron chi connectivity index (χ4n) is 7.02. The lowest BCUT2D eigenvalue weighted by atomic mass is 10.0. The van der Waals surface area contributed by atoms with Gasteiger partial charge in [0.15, 0.2) is 0 Å². The number of hydrogen-bond acceptors (Lipinski definition) is 9. The molecule has 2 saturated carbocycles. The van der Waals surface area contributed by atoms with Crippen molar-refractivity contribution >= 4 is 39.9 Å². The van der Waals surface area contributed by atoms with Gasteiger partial charge >= 0.3 is 12.2 Å². The third kappa shape index (κ3) is 8.31. The summed E-state index contributed by atoms with van der Waals surface area (Å²) in [5.41, 5.74) is -1.36. The monoisotopic (exact) mass is 731 g/mol. The van der Waals surface area contributed by atoms with E-state index < -0.39 is 86.2 Å². The molecule has 0 aromatic heterocycles. The van der Waals surface area contributed by atoms with Crippen LogP contribution in [0, 0.1) is 11.7 Å². The molecule has 1 aromatic carbocycles. The Kier molecular flexibility index (Phi) is 10.1. The van der Waals surface area contributed by atoms with Gasteiger partial charge in [-0.15, -0.1) is 0 Å². The molecule has 51 heavy (non-hydrogen) atoms. The van der Waals surface area contributed by atoms with Crippen molar-refractivity contribution in [1.82, 2.24) is 25.2 Å². The average molecular weight is 732 g/mol. The van der Waals surface area contributed by atoms with Crippen LogP contribution in [0.4, 0.5) is 14.0 Å². The summed E-state index contributed by atoms with van der Waals surface area (Å²) in [6.45, 7) is 5.01. The number of amides is 5. The molecule has 2 aliphatic carbocycles. The molecule has 5 aliphatic rings. The number of hydrogen-bond donors (Lipinski definition) is 3. The minimum absolute atomic E-state index is 0.00168. The molecule has 1 unspecified atom stereocenters. The van der Waals surface area contributed by atoms with E-state index in [4.69, 9.17) is 9.47 Å². The third-order valence-electron chi connectivity index (χ3n) is 9.99. The zero-order valence-corrected chi connectivity index (χ0v) is 29.9. The molecular formula is C35H46FN5O9S. The van der Waals surface area contributed by atoms with E-state index in [9.17, 15) is 36.8 Å². The van der Waals surface area contributed by atoms with E-state index in [0.29, 0.717) is 36.8 Å². The molecule has 278 valence electrons. The second-order valence-electron chi connectivity index (χ2n) is 15.2. The summed E-state index contributed by atoms with van der Waals surface area (Å²) in [7, 11) is -3.92. The maximum Gasteiger partial charge on any atom is 0.410 e. The summed E-state index contributed by atoms with van der Waals surface area (Å²) < 4.78 is 53.3. The normalized spacial score (nSPS) is 28.9. The Bertz CT molecular complexity index is 1730. The molecule has 3 aliphatic heterocycles. The van der Waals surface area contributed by atoms with E-state index in [-0.39, 0.29) is 38.9 Å². The summed E-state index contributed by atoms with van der Waals surface area (Å²) in [6.07, 6.45) is 5.10. The first kappa shape index (κ1) is 36.6. The maximum absolute atomic E-state index is 14.4. The second-order valence-corrected chi connectivity index (χ2v) is 17.2. The third-order valence-corrected chi connectivity index (χ3v) is 11.8. The number of nitrogens with one attached hydrogen (secondary N) is 3. The molecule has 3 N–H and O–H groups in total. The summed E-state index contributed by atoms with van der Waals surface area (Å²) in [4.78, 5) is 70.8. The number of ether oxygens (including phenoxy) is 2. The van der Waals surface area contributed by atoms with Gasteiger partial charge in [-0.3, -0.25) is 24.0 Å². The van der Waals surface area contributed by atoms with E-state index in [1.54, 1.807) is 32.9 Å². The Balaban J connectivity index is 1.25.